The second-order valence-corrected chi connectivity index (χ2v) is 9.47. The number of sulfonamides is 1. The molecule has 2 N–H and O–H groups in total. The summed E-state index contributed by atoms with van der Waals surface area (Å²) in [6.45, 7) is 0.529. The summed E-state index contributed by atoms with van der Waals surface area (Å²) >= 11 is 3.47. The Morgan fingerprint density at radius 1 is 1.19 bits per heavy atom. The van der Waals surface area contributed by atoms with Crippen molar-refractivity contribution in [3.63, 3.8) is 0 Å². The molecule has 0 fully saturated rings. The van der Waals surface area contributed by atoms with E-state index in [-0.39, 0.29) is 10.8 Å². The summed E-state index contributed by atoms with van der Waals surface area (Å²) < 4.78 is 30.5. The number of ether oxygens (including phenoxy) is 1. The molecule has 1 aromatic heterocycles. The lowest BCUT2D eigenvalue weighted by Crippen LogP contribution is -2.30. The zero-order valence-electron chi connectivity index (χ0n) is 17.4. The van der Waals surface area contributed by atoms with Gasteiger partial charge in [0.1, 0.15) is 11.4 Å². The zero-order valence-corrected chi connectivity index (χ0v) is 19.8. The van der Waals surface area contributed by atoms with Gasteiger partial charge in [-0.15, -0.1) is 0 Å². The van der Waals surface area contributed by atoms with Crippen LogP contribution in [0.5, 0.6) is 5.75 Å². The Kier molecular flexibility index (Phi) is 6.83. The van der Waals surface area contributed by atoms with E-state index in [2.05, 4.69) is 21.0 Å². The summed E-state index contributed by atoms with van der Waals surface area (Å²) in [6, 6.07) is 13.6. The molecular formula is C21H23BrN4O4S. The fourth-order valence-corrected chi connectivity index (χ4v) is 4.19. The molecule has 0 saturated carbocycles. The Balaban J connectivity index is 1.72. The number of likely N-dealkylation sites (N-methyl/N-ethyl adjacent to an activating group) is 1. The number of aryl methyl sites for hydroxylation is 1. The molecule has 164 valence electrons. The van der Waals surface area contributed by atoms with Gasteiger partial charge in [0.25, 0.3) is 5.91 Å². The van der Waals surface area contributed by atoms with Gasteiger partial charge in [-0.1, -0.05) is 18.2 Å². The van der Waals surface area contributed by atoms with E-state index >= 15 is 0 Å². The smallest absolute Gasteiger partial charge is 0.271 e. The topological polar surface area (TPSA) is 108 Å². The summed E-state index contributed by atoms with van der Waals surface area (Å²) in [5.41, 5.74) is 2.77. The minimum atomic E-state index is -3.76. The first-order chi connectivity index (χ1) is 14.6. The molecule has 3 rings (SSSR count). The molecule has 0 unspecified atom stereocenters. The fourth-order valence-electron chi connectivity index (χ4n) is 3.08. The summed E-state index contributed by atoms with van der Waals surface area (Å²) in [5, 5.41) is 9.53. The van der Waals surface area contributed by atoms with Gasteiger partial charge in [0.2, 0.25) is 10.0 Å². The lowest BCUT2D eigenvalue weighted by atomic mass is 10.1. The predicted molar refractivity (Wildman–Crippen MR) is 121 cm³/mol. The number of primary sulfonamides is 1. The van der Waals surface area contributed by atoms with Crippen molar-refractivity contribution < 1.29 is 17.9 Å². The minimum absolute atomic E-state index is 0.0217. The van der Waals surface area contributed by atoms with E-state index in [1.165, 1.54) is 16.8 Å². The maximum atomic E-state index is 12.9. The molecule has 8 nitrogen and oxygen atoms in total. The number of rotatable bonds is 7. The molecule has 0 saturated heterocycles. The van der Waals surface area contributed by atoms with Crippen LogP contribution in [0, 0.1) is 0 Å². The van der Waals surface area contributed by atoms with Gasteiger partial charge >= 0.3 is 0 Å². The van der Waals surface area contributed by atoms with E-state index in [4.69, 9.17) is 9.88 Å². The van der Waals surface area contributed by atoms with Gasteiger partial charge in [0.15, 0.2) is 0 Å². The van der Waals surface area contributed by atoms with E-state index in [0.717, 1.165) is 15.8 Å². The normalized spacial score (nSPS) is 11.4. The molecule has 2 aromatic carbocycles. The first kappa shape index (κ1) is 23.0. The predicted octanol–water partition coefficient (Wildman–Crippen LogP) is 2.82. The number of nitrogens with zero attached hydrogens (tertiary/aromatic N) is 3. The van der Waals surface area contributed by atoms with Crippen LogP contribution in [0.15, 0.2) is 57.9 Å². The number of carbonyl (C=O) groups is 1. The van der Waals surface area contributed by atoms with E-state index in [1.807, 2.05) is 18.2 Å². The summed E-state index contributed by atoms with van der Waals surface area (Å²) in [4.78, 5) is 14.6. The third-order valence-corrected chi connectivity index (χ3v) is 6.43. The number of halogens is 1. The van der Waals surface area contributed by atoms with Crippen molar-refractivity contribution in [1.29, 1.82) is 0 Å². The molecule has 10 heteroatoms. The molecule has 0 aliphatic heterocycles. The highest BCUT2D eigenvalue weighted by Crippen LogP contribution is 2.26. The number of carbonyl (C=O) groups excluding carboxylic acids is 1. The quantitative estimate of drug-likeness (QED) is 0.529. The highest BCUT2D eigenvalue weighted by atomic mass is 79.9. The molecular weight excluding hydrogens is 484 g/mol. The lowest BCUT2D eigenvalue weighted by molar-refractivity contribution is 0.0785. The maximum absolute atomic E-state index is 12.9. The Labute approximate surface area is 189 Å². The first-order valence-electron chi connectivity index (χ1n) is 9.35. The number of hydrogen-bond acceptors (Lipinski definition) is 5. The molecule has 0 atom stereocenters. The van der Waals surface area contributed by atoms with Crippen LogP contribution in [0.2, 0.25) is 0 Å². The monoisotopic (exact) mass is 506 g/mol. The van der Waals surface area contributed by atoms with Gasteiger partial charge in [-0.2, -0.15) is 5.10 Å². The van der Waals surface area contributed by atoms with Crippen LogP contribution in [0.1, 0.15) is 16.1 Å². The largest absolute Gasteiger partial charge is 0.496 e. The molecule has 3 aromatic rings. The van der Waals surface area contributed by atoms with Crippen LogP contribution in [0.4, 0.5) is 0 Å². The average Bonchev–Trinajstić information content (AvgIpc) is 3.12. The molecule has 1 heterocycles. The van der Waals surface area contributed by atoms with Crippen molar-refractivity contribution in [3.05, 3.63) is 64.3 Å². The SMILES string of the molecule is COc1ccc(CCN(C)C(=O)c2cc(-c3ccc(S(N)(=O)=O)cc3)nn2C)cc1Br. The van der Waals surface area contributed by atoms with Crippen LogP contribution in [0.25, 0.3) is 11.3 Å². The third-order valence-electron chi connectivity index (χ3n) is 4.88. The van der Waals surface area contributed by atoms with Crippen LogP contribution in [-0.4, -0.2) is 49.7 Å². The maximum Gasteiger partial charge on any atom is 0.271 e. The van der Waals surface area contributed by atoms with E-state index in [0.29, 0.717) is 29.9 Å². The molecule has 1 amide bonds. The summed E-state index contributed by atoms with van der Waals surface area (Å²) in [6.07, 6.45) is 0.685. The van der Waals surface area contributed by atoms with Crippen molar-refractivity contribution in [2.45, 2.75) is 11.3 Å². The number of aromatic nitrogens is 2. The number of methoxy groups -OCH3 is 1. The van der Waals surface area contributed by atoms with Crippen molar-refractivity contribution in [2.24, 2.45) is 12.2 Å². The molecule has 0 aliphatic rings. The van der Waals surface area contributed by atoms with E-state index in [1.54, 1.807) is 44.3 Å². The molecule has 0 radical (unpaired) electrons. The fraction of sp³-hybridized carbons (Fsp3) is 0.238. The van der Waals surface area contributed by atoms with Crippen molar-refractivity contribution in [3.8, 4) is 17.0 Å². The number of benzene rings is 2. The first-order valence-corrected chi connectivity index (χ1v) is 11.7. The zero-order chi connectivity index (χ0) is 22.8. The average molecular weight is 507 g/mol. The Morgan fingerprint density at radius 3 is 2.45 bits per heavy atom. The van der Waals surface area contributed by atoms with Gasteiger partial charge in [-0.3, -0.25) is 9.48 Å². The lowest BCUT2D eigenvalue weighted by Gasteiger charge is -2.17. The molecule has 31 heavy (non-hydrogen) atoms. The van der Waals surface area contributed by atoms with Gasteiger partial charge < -0.3 is 9.64 Å². The standard InChI is InChI=1S/C21H23BrN4O4S/c1-25(11-10-14-4-9-20(30-3)17(22)12-14)21(27)19-13-18(24-26(19)2)15-5-7-16(8-6-15)31(23,28)29/h4-9,12-13H,10-11H2,1-3H3,(H2,23,28,29). The van der Waals surface area contributed by atoms with Crippen LogP contribution >= 0.6 is 15.9 Å². The minimum Gasteiger partial charge on any atom is -0.496 e. The summed E-state index contributed by atoms with van der Waals surface area (Å²) in [5.74, 6) is 0.600. The second kappa shape index (κ2) is 9.21. The van der Waals surface area contributed by atoms with Gasteiger partial charge in [-0.25, -0.2) is 13.6 Å². The number of hydrogen-bond donors (Lipinski definition) is 1. The third kappa shape index (κ3) is 5.33. The Bertz CT molecular complexity index is 1210. The second-order valence-electron chi connectivity index (χ2n) is 7.05. The van der Waals surface area contributed by atoms with Gasteiger partial charge in [-0.05, 0) is 58.2 Å². The van der Waals surface area contributed by atoms with Crippen LogP contribution in [-0.2, 0) is 23.5 Å². The number of amides is 1. The van der Waals surface area contributed by atoms with E-state index in [9.17, 15) is 13.2 Å². The Morgan fingerprint density at radius 2 is 1.87 bits per heavy atom. The highest BCUT2D eigenvalue weighted by molar-refractivity contribution is 9.10. The Hall–Kier alpha value is -2.69. The number of nitrogens with two attached hydrogens (primary N) is 1. The molecule has 0 aliphatic carbocycles. The van der Waals surface area contributed by atoms with Crippen molar-refractivity contribution in [1.82, 2.24) is 14.7 Å². The van der Waals surface area contributed by atoms with Crippen LogP contribution in [0.3, 0.4) is 0 Å². The molecule has 0 bridgehead atoms. The summed E-state index contributed by atoms with van der Waals surface area (Å²) in [7, 11) is 1.29. The van der Waals surface area contributed by atoms with Gasteiger partial charge in [0, 0.05) is 26.2 Å². The van der Waals surface area contributed by atoms with Gasteiger partial charge in [0.05, 0.1) is 22.2 Å². The molecule has 0 spiro atoms. The van der Waals surface area contributed by atoms with E-state index < -0.39 is 10.0 Å². The van der Waals surface area contributed by atoms with Crippen LogP contribution < -0.4 is 9.88 Å². The highest BCUT2D eigenvalue weighted by Gasteiger charge is 2.18. The van der Waals surface area contributed by atoms with Crippen molar-refractivity contribution >= 4 is 31.9 Å². The van der Waals surface area contributed by atoms with Crippen molar-refractivity contribution in [2.75, 3.05) is 20.7 Å².